The molecule has 3 heteroatoms. The van der Waals surface area contributed by atoms with Gasteiger partial charge in [-0.15, -0.1) is 0 Å². The van der Waals surface area contributed by atoms with Crippen LogP contribution in [0.3, 0.4) is 0 Å². The van der Waals surface area contributed by atoms with Gasteiger partial charge >= 0.3 is 5.97 Å². The predicted molar refractivity (Wildman–Crippen MR) is 46.9 cm³/mol. The van der Waals surface area contributed by atoms with Gasteiger partial charge in [-0.3, -0.25) is 4.79 Å². The maximum Gasteiger partial charge on any atom is 0.308 e. The highest BCUT2D eigenvalue weighted by Crippen LogP contribution is 2.19. The molecule has 0 unspecified atom stereocenters. The summed E-state index contributed by atoms with van der Waals surface area (Å²) in [5.74, 6) is -0.287. The van der Waals surface area contributed by atoms with Crippen molar-refractivity contribution >= 4 is 5.97 Å². The van der Waals surface area contributed by atoms with Gasteiger partial charge in [0.2, 0.25) is 0 Å². The fraction of sp³-hybridized carbons (Fsp3) is 0.889. The number of hydrogen-bond acceptors (Lipinski definition) is 3. The van der Waals surface area contributed by atoms with Gasteiger partial charge in [0, 0.05) is 7.11 Å². The van der Waals surface area contributed by atoms with Crippen LogP contribution < -0.4 is 0 Å². The molecule has 0 aromatic carbocycles. The van der Waals surface area contributed by atoms with Crippen LogP contribution in [0.4, 0.5) is 0 Å². The van der Waals surface area contributed by atoms with Crippen LogP contribution in [0.15, 0.2) is 0 Å². The average molecular weight is 174 g/mol. The normalized spacial score (nSPS) is 14.1. The van der Waals surface area contributed by atoms with E-state index in [1.54, 1.807) is 7.11 Å². The van der Waals surface area contributed by atoms with Crippen LogP contribution in [0.2, 0.25) is 0 Å². The van der Waals surface area contributed by atoms with E-state index in [9.17, 15) is 4.79 Å². The maximum atomic E-state index is 11.0. The first kappa shape index (κ1) is 11.4. The number of methoxy groups -OCH3 is 2. The van der Waals surface area contributed by atoms with Crippen molar-refractivity contribution in [1.29, 1.82) is 0 Å². The van der Waals surface area contributed by atoms with E-state index in [0.717, 1.165) is 0 Å². The molecule has 0 aliphatic carbocycles. The van der Waals surface area contributed by atoms with E-state index in [0.29, 0.717) is 6.42 Å². The van der Waals surface area contributed by atoms with E-state index in [4.69, 9.17) is 4.74 Å². The third kappa shape index (κ3) is 3.72. The molecule has 0 fully saturated rings. The van der Waals surface area contributed by atoms with Gasteiger partial charge in [0.25, 0.3) is 0 Å². The summed E-state index contributed by atoms with van der Waals surface area (Å²) in [4.78, 5) is 11.0. The molecule has 0 rings (SSSR count). The molecule has 0 heterocycles. The van der Waals surface area contributed by atoms with E-state index in [2.05, 4.69) is 4.74 Å². The van der Waals surface area contributed by atoms with Gasteiger partial charge in [-0.1, -0.05) is 6.92 Å². The molecule has 0 amide bonds. The summed E-state index contributed by atoms with van der Waals surface area (Å²) < 4.78 is 9.80. The van der Waals surface area contributed by atoms with Crippen LogP contribution in [0.25, 0.3) is 0 Å². The Hall–Kier alpha value is -0.570. The summed E-state index contributed by atoms with van der Waals surface area (Å²) in [6, 6.07) is 0. The smallest absolute Gasteiger partial charge is 0.308 e. The van der Waals surface area contributed by atoms with E-state index < -0.39 is 0 Å². The average Bonchev–Trinajstić information content (AvgIpc) is 2.02. The lowest BCUT2D eigenvalue weighted by Crippen LogP contribution is -2.28. The van der Waals surface area contributed by atoms with Gasteiger partial charge in [0.05, 0.1) is 18.6 Å². The first-order chi connectivity index (χ1) is 5.43. The second-order valence-electron chi connectivity index (χ2n) is 3.59. The predicted octanol–water partition coefficient (Wildman–Crippen LogP) is 1.61. The number of esters is 1. The fourth-order valence-electron chi connectivity index (χ4n) is 1.11. The lowest BCUT2D eigenvalue weighted by atomic mass is 9.95. The second kappa shape index (κ2) is 4.45. The summed E-state index contributed by atoms with van der Waals surface area (Å²) in [5.41, 5.74) is -0.256. The number of carbonyl (C=O) groups is 1. The largest absolute Gasteiger partial charge is 0.469 e. The zero-order valence-corrected chi connectivity index (χ0v) is 8.51. The number of ether oxygens (including phenoxy) is 2. The molecule has 1 atom stereocenters. The minimum atomic E-state index is -0.256. The third-order valence-corrected chi connectivity index (χ3v) is 1.95. The quantitative estimate of drug-likeness (QED) is 0.607. The van der Waals surface area contributed by atoms with Crippen LogP contribution in [-0.2, 0) is 14.3 Å². The molecule has 12 heavy (non-hydrogen) atoms. The number of carbonyl (C=O) groups excluding carboxylic acids is 1. The van der Waals surface area contributed by atoms with Crippen molar-refractivity contribution in [3.8, 4) is 0 Å². The van der Waals surface area contributed by atoms with Gasteiger partial charge in [0.1, 0.15) is 0 Å². The Labute approximate surface area is 74.0 Å². The molecule has 0 aromatic heterocycles. The molecule has 0 radical (unpaired) electrons. The molecule has 0 N–H and O–H groups in total. The molecule has 0 bridgehead atoms. The Balaban J connectivity index is 3.99. The molecule has 0 saturated carbocycles. The van der Waals surface area contributed by atoms with Crippen molar-refractivity contribution in [2.45, 2.75) is 32.8 Å². The van der Waals surface area contributed by atoms with Gasteiger partial charge in [-0.25, -0.2) is 0 Å². The van der Waals surface area contributed by atoms with Gasteiger partial charge < -0.3 is 9.47 Å². The van der Waals surface area contributed by atoms with Crippen molar-refractivity contribution < 1.29 is 14.3 Å². The third-order valence-electron chi connectivity index (χ3n) is 1.95. The Morgan fingerprint density at radius 1 is 1.42 bits per heavy atom. The first-order valence-electron chi connectivity index (χ1n) is 4.06. The van der Waals surface area contributed by atoms with Gasteiger partial charge in [0.15, 0.2) is 0 Å². The van der Waals surface area contributed by atoms with E-state index in [-0.39, 0.29) is 17.5 Å². The van der Waals surface area contributed by atoms with Crippen LogP contribution in [0.1, 0.15) is 27.2 Å². The van der Waals surface area contributed by atoms with Gasteiger partial charge in [-0.2, -0.15) is 0 Å². The first-order valence-corrected chi connectivity index (χ1v) is 4.06. The zero-order valence-electron chi connectivity index (χ0n) is 8.51. The summed E-state index contributed by atoms with van der Waals surface area (Å²) in [5, 5.41) is 0. The van der Waals surface area contributed by atoms with Crippen molar-refractivity contribution in [1.82, 2.24) is 0 Å². The van der Waals surface area contributed by atoms with Crippen LogP contribution in [0.5, 0.6) is 0 Å². The number of rotatable bonds is 4. The Morgan fingerprint density at radius 3 is 2.25 bits per heavy atom. The molecule has 0 spiro atoms. The summed E-state index contributed by atoms with van der Waals surface area (Å²) in [7, 11) is 3.04. The highest BCUT2D eigenvalue weighted by Gasteiger charge is 2.24. The van der Waals surface area contributed by atoms with Crippen molar-refractivity contribution in [2.75, 3.05) is 14.2 Å². The molecule has 0 aromatic rings. The molecule has 0 aliphatic heterocycles. The minimum Gasteiger partial charge on any atom is -0.469 e. The zero-order chi connectivity index (χ0) is 9.78. The summed E-state index contributed by atoms with van der Waals surface area (Å²) in [6.07, 6.45) is 0.677. The molecule has 3 nitrogen and oxygen atoms in total. The topological polar surface area (TPSA) is 35.5 Å². The molecule has 0 aliphatic rings. The SMILES string of the molecule is COC(=O)[C@H](C)CC(C)(C)OC. The monoisotopic (exact) mass is 174 g/mol. The van der Waals surface area contributed by atoms with Crippen molar-refractivity contribution in [3.05, 3.63) is 0 Å². The highest BCUT2D eigenvalue weighted by atomic mass is 16.5. The minimum absolute atomic E-state index is 0.107. The molecule has 72 valence electrons. The van der Waals surface area contributed by atoms with E-state index in [1.165, 1.54) is 7.11 Å². The van der Waals surface area contributed by atoms with Crippen LogP contribution in [0, 0.1) is 5.92 Å². The Bertz CT molecular complexity index is 152. The number of hydrogen-bond donors (Lipinski definition) is 0. The van der Waals surface area contributed by atoms with Crippen molar-refractivity contribution in [2.24, 2.45) is 5.92 Å². The summed E-state index contributed by atoms with van der Waals surface area (Å²) >= 11 is 0. The lowest BCUT2D eigenvalue weighted by Gasteiger charge is -2.25. The maximum absolute atomic E-state index is 11.0. The molecule has 0 saturated heterocycles. The van der Waals surface area contributed by atoms with E-state index in [1.807, 2.05) is 20.8 Å². The van der Waals surface area contributed by atoms with Gasteiger partial charge in [-0.05, 0) is 20.3 Å². The van der Waals surface area contributed by atoms with Crippen molar-refractivity contribution in [3.63, 3.8) is 0 Å². The van der Waals surface area contributed by atoms with E-state index >= 15 is 0 Å². The molecular weight excluding hydrogens is 156 g/mol. The molecular formula is C9H18O3. The fourth-order valence-corrected chi connectivity index (χ4v) is 1.11. The van der Waals surface area contributed by atoms with Crippen LogP contribution in [-0.4, -0.2) is 25.8 Å². The standard InChI is InChI=1S/C9H18O3/c1-7(8(10)11-4)6-9(2,3)12-5/h7H,6H2,1-5H3/t7-/m1/s1. The Morgan fingerprint density at radius 2 is 1.92 bits per heavy atom. The Kier molecular flexibility index (Phi) is 4.24. The lowest BCUT2D eigenvalue weighted by molar-refractivity contribution is -0.147. The van der Waals surface area contributed by atoms with Crippen LogP contribution >= 0.6 is 0 Å². The second-order valence-corrected chi connectivity index (χ2v) is 3.59. The summed E-state index contributed by atoms with van der Waals surface area (Å²) in [6.45, 7) is 5.74. The highest BCUT2D eigenvalue weighted by molar-refractivity contribution is 5.71.